The van der Waals surface area contributed by atoms with Crippen molar-refractivity contribution in [2.75, 3.05) is 26.2 Å². The van der Waals surface area contributed by atoms with Crippen molar-refractivity contribution < 1.29 is 23.9 Å². The first-order valence-electron chi connectivity index (χ1n) is 13.4. The van der Waals surface area contributed by atoms with Crippen molar-refractivity contribution in [1.29, 1.82) is 0 Å². The fourth-order valence-corrected chi connectivity index (χ4v) is 4.58. The third kappa shape index (κ3) is 9.17. The lowest BCUT2D eigenvalue weighted by Gasteiger charge is -2.29. The minimum absolute atomic E-state index is 0.121. The first kappa shape index (κ1) is 29.2. The Kier molecular flexibility index (Phi) is 10.7. The molecule has 2 atom stereocenters. The molecular weight excluding hydrogens is 482 g/mol. The lowest BCUT2D eigenvalue weighted by Crippen LogP contribution is -2.49. The van der Waals surface area contributed by atoms with Gasteiger partial charge >= 0.3 is 12.1 Å². The van der Waals surface area contributed by atoms with Gasteiger partial charge in [0, 0.05) is 32.7 Å². The normalized spacial score (nSPS) is 16.2. The molecule has 0 spiro atoms. The number of esters is 1. The smallest absolute Gasteiger partial charge is 0.410 e. The van der Waals surface area contributed by atoms with Crippen LogP contribution in [0.25, 0.3) is 0 Å². The van der Waals surface area contributed by atoms with Crippen LogP contribution in [0.3, 0.4) is 0 Å². The predicted octanol–water partition coefficient (Wildman–Crippen LogP) is 4.38. The van der Waals surface area contributed by atoms with Gasteiger partial charge in [0.05, 0.1) is 12.5 Å². The van der Waals surface area contributed by atoms with Crippen LogP contribution >= 0.6 is 0 Å². The number of hydrogen-bond donors (Lipinski definition) is 1. The highest BCUT2D eigenvalue weighted by atomic mass is 16.6. The molecule has 1 saturated heterocycles. The second-order valence-electron chi connectivity index (χ2n) is 10.7. The maximum Gasteiger partial charge on any atom is 0.410 e. The summed E-state index contributed by atoms with van der Waals surface area (Å²) in [7, 11) is 0. The number of nitrogens with one attached hydrogen (secondary N) is 1. The molecule has 0 unspecified atom stereocenters. The summed E-state index contributed by atoms with van der Waals surface area (Å²) in [5, 5.41) is 2.93. The van der Waals surface area contributed by atoms with Crippen LogP contribution in [0.5, 0.6) is 0 Å². The van der Waals surface area contributed by atoms with E-state index in [9.17, 15) is 14.4 Å². The van der Waals surface area contributed by atoms with E-state index in [1.807, 2.05) is 36.4 Å². The Balaban J connectivity index is 1.70. The number of rotatable bonds is 11. The van der Waals surface area contributed by atoms with Crippen LogP contribution in [0, 0.1) is 5.92 Å². The third-order valence-corrected chi connectivity index (χ3v) is 6.30. The van der Waals surface area contributed by atoms with Crippen LogP contribution in [0.1, 0.15) is 51.7 Å². The third-order valence-electron chi connectivity index (χ3n) is 6.30. The van der Waals surface area contributed by atoms with Crippen LogP contribution < -0.4 is 5.32 Å². The fourth-order valence-electron chi connectivity index (χ4n) is 4.58. The first-order valence-corrected chi connectivity index (χ1v) is 13.4. The Hall–Kier alpha value is -3.39. The minimum Gasteiger partial charge on any atom is -0.466 e. The van der Waals surface area contributed by atoms with Crippen LogP contribution in [0.15, 0.2) is 60.7 Å². The highest BCUT2D eigenvalue weighted by molar-refractivity contribution is 5.86. The number of likely N-dealkylation sites (tertiary alicyclic amines) is 1. The Labute approximate surface area is 226 Å². The summed E-state index contributed by atoms with van der Waals surface area (Å²) in [5.74, 6) is -1.20. The van der Waals surface area contributed by atoms with Crippen molar-refractivity contribution in [2.24, 2.45) is 5.92 Å². The second-order valence-corrected chi connectivity index (χ2v) is 10.7. The van der Waals surface area contributed by atoms with Gasteiger partial charge in [-0.15, -0.1) is 0 Å². The summed E-state index contributed by atoms with van der Waals surface area (Å²) >= 11 is 0. The molecule has 1 fully saturated rings. The second kappa shape index (κ2) is 14.0. The van der Waals surface area contributed by atoms with E-state index in [4.69, 9.17) is 9.47 Å². The number of hydrogen-bond acceptors (Lipinski definition) is 6. The molecule has 206 valence electrons. The molecule has 8 heteroatoms. The largest absolute Gasteiger partial charge is 0.466 e. The number of carbonyl (C=O) groups excluding carboxylic acids is 3. The van der Waals surface area contributed by atoms with Gasteiger partial charge in [0.25, 0.3) is 0 Å². The van der Waals surface area contributed by atoms with Crippen LogP contribution in [-0.2, 0) is 32.2 Å². The molecule has 1 heterocycles. The van der Waals surface area contributed by atoms with Crippen LogP contribution in [0.2, 0.25) is 0 Å². The van der Waals surface area contributed by atoms with Gasteiger partial charge in [0.15, 0.2) is 0 Å². The van der Waals surface area contributed by atoms with E-state index in [0.29, 0.717) is 32.6 Å². The number of nitrogens with zero attached hydrogens (tertiary/aromatic N) is 2. The predicted molar refractivity (Wildman–Crippen MR) is 146 cm³/mol. The lowest BCUT2D eigenvalue weighted by atomic mass is 10.1. The van der Waals surface area contributed by atoms with E-state index in [-0.39, 0.29) is 25.0 Å². The highest BCUT2D eigenvalue weighted by Gasteiger charge is 2.37. The van der Waals surface area contributed by atoms with Gasteiger partial charge in [-0.1, -0.05) is 60.7 Å². The molecule has 0 aliphatic carbocycles. The maximum atomic E-state index is 13.2. The Morgan fingerprint density at radius 1 is 1.00 bits per heavy atom. The molecule has 3 rings (SSSR count). The summed E-state index contributed by atoms with van der Waals surface area (Å²) < 4.78 is 10.9. The molecule has 2 aromatic rings. The molecule has 38 heavy (non-hydrogen) atoms. The molecule has 2 aromatic carbocycles. The molecule has 2 amide bonds. The average molecular weight is 524 g/mol. The van der Waals surface area contributed by atoms with Crippen molar-refractivity contribution in [1.82, 2.24) is 15.1 Å². The molecule has 0 bridgehead atoms. The zero-order valence-electron chi connectivity index (χ0n) is 23.0. The van der Waals surface area contributed by atoms with Gasteiger partial charge in [-0.2, -0.15) is 0 Å². The summed E-state index contributed by atoms with van der Waals surface area (Å²) in [6, 6.07) is 19.6. The van der Waals surface area contributed by atoms with E-state index in [1.165, 1.54) is 4.90 Å². The van der Waals surface area contributed by atoms with E-state index in [0.717, 1.165) is 17.5 Å². The van der Waals surface area contributed by atoms with Gasteiger partial charge in [-0.3, -0.25) is 19.4 Å². The zero-order chi connectivity index (χ0) is 27.5. The quantitative estimate of drug-likeness (QED) is 0.440. The highest BCUT2D eigenvalue weighted by Crippen LogP contribution is 2.21. The van der Waals surface area contributed by atoms with Gasteiger partial charge in [-0.25, -0.2) is 4.79 Å². The summed E-state index contributed by atoms with van der Waals surface area (Å²) in [6.07, 6.45) is 0.790. The lowest BCUT2D eigenvalue weighted by molar-refractivity contribution is -0.148. The fraction of sp³-hybridized carbons (Fsp3) is 0.500. The van der Waals surface area contributed by atoms with Gasteiger partial charge in [0.2, 0.25) is 5.91 Å². The summed E-state index contributed by atoms with van der Waals surface area (Å²) in [5.41, 5.74) is 1.62. The summed E-state index contributed by atoms with van der Waals surface area (Å²) in [6.45, 7) is 9.73. The van der Waals surface area contributed by atoms with Crippen molar-refractivity contribution in [3.05, 3.63) is 71.8 Å². The molecule has 0 aromatic heterocycles. The zero-order valence-corrected chi connectivity index (χ0v) is 23.0. The standard InChI is InChI=1S/C30H41N3O5/c1-5-37-28(35)25(19-31-27(34)26-17-12-18-33(26)29(36)38-30(2,3)4)22-32(20-23-13-8-6-9-14-23)21-24-15-10-7-11-16-24/h6-11,13-16,25-26H,5,12,17-22H2,1-4H3,(H,31,34)/t25-,26-/m0/s1. The molecule has 1 aliphatic rings. The monoisotopic (exact) mass is 523 g/mol. The van der Waals surface area contributed by atoms with E-state index in [1.54, 1.807) is 27.7 Å². The minimum atomic E-state index is -0.642. The Morgan fingerprint density at radius 3 is 2.11 bits per heavy atom. The Morgan fingerprint density at radius 2 is 1.58 bits per heavy atom. The first-order chi connectivity index (χ1) is 18.2. The van der Waals surface area contributed by atoms with Crippen molar-refractivity contribution in [2.45, 2.75) is 65.3 Å². The van der Waals surface area contributed by atoms with E-state index < -0.39 is 23.7 Å². The molecule has 1 N–H and O–H groups in total. The molecule has 8 nitrogen and oxygen atoms in total. The number of carbonyl (C=O) groups is 3. The van der Waals surface area contributed by atoms with Crippen molar-refractivity contribution >= 4 is 18.0 Å². The van der Waals surface area contributed by atoms with Gasteiger partial charge < -0.3 is 14.8 Å². The molecule has 0 radical (unpaired) electrons. The summed E-state index contributed by atoms with van der Waals surface area (Å²) in [4.78, 5) is 42.4. The molecular formula is C30H41N3O5. The van der Waals surface area contributed by atoms with Gasteiger partial charge in [-0.05, 0) is 51.7 Å². The molecule has 1 aliphatic heterocycles. The SMILES string of the molecule is CCOC(=O)[C@@H](CNC(=O)[C@@H]1CCCN1C(=O)OC(C)(C)C)CN(Cc1ccccc1)Cc1ccccc1. The number of amides is 2. The maximum absolute atomic E-state index is 13.2. The number of benzene rings is 2. The van der Waals surface area contributed by atoms with Gasteiger partial charge in [0.1, 0.15) is 11.6 Å². The van der Waals surface area contributed by atoms with E-state index in [2.05, 4.69) is 34.5 Å². The van der Waals surface area contributed by atoms with E-state index >= 15 is 0 Å². The average Bonchev–Trinajstić information content (AvgIpc) is 3.37. The van der Waals surface area contributed by atoms with Crippen LogP contribution in [0.4, 0.5) is 4.79 Å². The number of ether oxygens (including phenoxy) is 2. The molecule has 0 saturated carbocycles. The van der Waals surface area contributed by atoms with Crippen LogP contribution in [-0.4, -0.2) is 65.7 Å². The van der Waals surface area contributed by atoms with Crippen molar-refractivity contribution in [3.63, 3.8) is 0 Å². The topological polar surface area (TPSA) is 88.2 Å². The van der Waals surface area contributed by atoms with Crippen molar-refractivity contribution in [3.8, 4) is 0 Å². The Bertz CT molecular complexity index is 997.